The lowest BCUT2D eigenvalue weighted by Gasteiger charge is -2.28. The Bertz CT molecular complexity index is 1250. The Kier molecular flexibility index (Phi) is 5.45. The molecule has 1 unspecified atom stereocenters. The molecule has 0 aliphatic carbocycles. The van der Waals surface area contributed by atoms with Crippen molar-refractivity contribution in [2.75, 3.05) is 36.8 Å². The third-order valence-electron chi connectivity index (χ3n) is 6.20. The smallest absolute Gasteiger partial charge is 0.128 e. The largest absolute Gasteiger partial charge is 0.398 e. The van der Waals surface area contributed by atoms with Crippen LogP contribution in [0, 0.1) is 5.82 Å². The number of piperazine rings is 1. The molecule has 0 spiro atoms. The molecule has 0 amide bonds. The number of aromatic nitrogens is 2. The summed E-state index contributed by atoms with van der Waals surface area (Å²) in [4.78, 5) is 11.8. The molecule has 4 aromatic rings. The average Bonchev–Trinajstić information content (AvgIpc) is 2.84. The molecule has 0 radical (unpaired) electrons. The molecule has 0 bridgehead atoms. The van der Waals surface area contributed by atoms with Gasteiger partial charge in [0.15, 0.2) is 0 Å². The summed E-state index contributed by atoms with van der Waals surface area (Å²) in [5.74, 6) is 0.584. The summed E-state index contributed by atoms with van der Waals surface area (Å²) in [6.45, 7) is 5.86. The van der Waals surface area contributed by atoms with E-state index in [1.54, 1.807) is 12.1 Å². The van der Waals surface area contributed by atoms with Crippen molar-refractivity contribution in [1.29, 1.82) is 0 Å². The Morgan fingerprint density at radius 1 is 1.00 bits per heavy atom. The minimum atomic E-state index is -0.229. The van der Waals surface area contributed by atoms with E-state index in [1.165, 1.54) is 6.07 Å². The lowest BCUT2D eigenvalue weighted by Crippen LogP contribution is -2.43. The van der Waals surface area contributed by atoms with Crippen LogP contribution in [-0.4, -0.2) is 36.1 Å². The van der Waals surface area contributed by atoms with Crippen molar-refractivity contribution in [1.82, 2.24) is 15.3 Å². The van der Waals surface area contributed by atoms with E-state index < -0.39 is 0 Å². The molecule has 0 saturated carbocycles. The normalized spacial score (nSPS) is 15.1. The van der Waals surface area contributed by atoms with Crippen LogP contribution >= 0.6 is 0 Å². The van der Waals surface area contributed by atoms with Gasteiger partial charge in [-0.25, -0.2) is 9.37 Å². The number of hydrogen-bond donors (Lipinski definition) is 2. The molecule has 6 heteroatoms. The van der Waals surface area contributed by atoms with Crippen LogP contribution in [0.25, 0.3) is 22.0 Å². The Balaban J connectivity index is 1.45. The Labute approximate surface area is 187 Å². The first-order chi connectivity index (χ1) is 15.6. The molecule has 2 aromatic heterocycles. The van der Waals surface area contributed by atoms with Crippen molar-refractivity contribution in [2.45, 2.75) is 12.8 Å². The van der Waals surface area contributed by atoms with Gasteiger partial charge in [-0.3, -0.25) is 4.98 Å². The number of hydrogen-bond acceptors (Lipinski definition) is 5. The van der Waals surface area contributed by atoms with Gasteiger partial charge in [-0.2, -0.15) is 0 Å². The SMILES string of the molecule is CC(c1cc(N)c2cc(-c3ccc(N4CCNCC4)nc3)ccc2n1)c1ccccc1F. The minimum Gasteiger partial charge on any atom is -0.398 e. The van der Waals surface area contributed by atoms with Crippen LogP contribution in [-0.2, 0) is 0 Å². The number of rotatable bonds is 4. The number of pyridine rings is 2. The van der Waals surface area contributed by atoms with Crippen LogP contribution in [0.2, 0.25) is 0 Å². The van der Waals surface area contributed by atoms with Crippen LogP contribution in [0.4, 0.5) is 15.9 Å². The first kappa shape index (κ1) is 20.4. The topological polar surface area (TPSA) is 67.1 Å². The van der Waals surface area contributed by atoms with E-state index in [9.17, 15) is 4.39 Å². The van der Waals surface area contributed by atoms with Crippen LogP contribution in [0.1, 0.15) is 24.1 Å². The van der Waals surface area contributed by atoms with E-state index >= 15 is 0 Å². The predicted octanol–water partition coefficient (Wildman–Crippen LogP) is 4.58. The molecule has 1 saturated heterocycles. The highest BCUT2D eigenvalue weighted by Gasteiger charge is 2.16. The van der Waals surface area contributed by atoms with Gasteiger partial charge < -0.3 is 16.0 Å². The maximum absolute atomic E-state index is 14.3. The summed E-state index contributed by atoms with van der Waals surface area (Å²) in [6, 6.07) is 18.9. The summed E-state index contributed by atoms with van der Waals surface area (Å²) in [7, 11) is 0. The molecule has 5 rings (SSSR count). The van der Waals surface area contributed by atoms with Gasteiger partial charge in [0, 0.05) is 54.9 Å². The lowest BCUT2D eigenvalue weighted by molar-refractivity contribution is 0.585. The van der Waals surface area contributed by atoms with E-state index in [0.717, 1.165) is 59.7 Å². The van der Waals surface area contributed by atoms with Crippen LogP contribution < -0.4 is 16.0 Å². The maximum Gasteiger partial charge on any atom is 0.128 e. The van der Waals surface area contributed by atoms with Gasteiger partial charge in [0.1, 0.15) is 11.6 Å². The Hall–Kier alpha value is -3.51. The van der Waals surface area contributed by atoms with E-state index in [2.05, 4.69) is 33.4 Å². The molecule has 32 heavy (non-hydrogen) atoms. The second-order valence-corrected chi connectivity index (χ2v) is 8.25. The minimum absolute atomic E-state index is 0.190. The highest BCUT2D eigenvalue weighted by molar-refractivity contribution is 5.93. The monoisotopic (exact) mass is 427 g/mol. The molecule has 3 N–H and O–H groups in total. The van der Waals surface area contributed by atoms with Crippen molar-refractivity contribution in [3.63, 3.8) is 0 Å². The molecule has 2 aromatic carbocycles. The first-order valence-electron chi connectivity index (χ1n) is 11.0. The fourth-order valence-electron chi connectivity index (χ4n) is 4.30. The van der Waals surface area contributed by atoms with Gasteiger partial charge in [-0.05, 0) is 47.5 Å². The fourth-order valence-corrected chi connectivity index (χ4v) is 4.30. The number of nitrogen functional groups attached to an aromatic ring is 1. The predicted molar refractivity (Wildman–Crippen MR) is 128 cm³/mol. The van der Waals surface area contributed by atoms with Crippen LogP contribution in [0.5, 0.6) is 0 Å². The van der Waals surface area contributed by atoms with Crippen molar-refractivity contribution >= 4 is 22.4 Å². The maximum atomic E-state index is 14.3. The van der Waals surface area contributed by atoms with Gasteiger partial charge in [-0.1, -0.05) is 31.2 Å². The molecule has 3 heterocycles. The molecule has 1 aliphatic heterocycles. The Morgan fingerprint density at radius 2 is 1.78 bits per heavy atom. The fraction of sp³-hybridized carbons (Fsp3) is 0.231. The summed E-state index contributed by atoms with van der Waals surface area (Å²) >= 11 is 0. The van der Waals surface area contributed by atoms with E-state index in [4.69, 9.17) is 10.7 Å². The lowest BCUT2D eigenvalue weighted by atomic mass is 9.95. The molecule has 1 fully saturated rings. The van der Waals surface area contributed by atoms with Gasteiger partial charge >= 0.3 is 0 Å². The Morgan fingerprint density at radius 3 is 2.53 bits per heavy atom. The number of anilines is 2. The van der Waals surface area contributed by atoms with Gasteiger partial charge in [0.2, 0.25) is 0 Å². The number of nitrogens with two attached hydrogens (primary N) is 1. The zero-order valence-electron chi connectivity index (χ0n) is 18.1. The van der Waals surface area contributed by atoms with Gasteiger partial charge in [-0.15, -0.1) is 0 Å². The molecular weight excluding hydrogens is 401 g/mol. The number of benzene rings is 2. The summed E-state index contributed by atoms with van der Waals surface area (Å²) in [6.07, 6.45) is 1.91. The van der Waals surface area contributed by atoms with Crippen molar-refractivity contribution in [3.05, 3.63) is 83.9 Å². The van der Waals surface area contributed by atoms with Crippen LogP contribution in [0.15, 0.2) is 66.9 Å². The molecule has 162 valence electrons. The van der Waals surface area contributed by atoms with E-state index in [-0.39, 0.29) is 11.7 Å². The third kappa shape index (κ3) is 3.89. The second-order valence-electron chi connectivity index (χ2n) is 8.25. The van der Waals surface area contributed by atoms with Crippen molar-refractivity contribution < 1.29 is 4.39 Å². The van der Waals surface area contributed by atoms with E-state index in [0.29, 0.717) is 11.3 Å². The standard InChI is InChI=1S/C26H26FN5/c1-17(20-4-2-3-5-22(20)27)25-15-23(28)21-14-18(6-8-24(21)31-25)19-7-9-26(30-16-19)32-12-10-29-11-13-32/h2-9,14-17,29H,10-13H2,1H3,(H2,28,31). The number of nitrogens with one attached hydrogen (secondary N) is 1. The second kappa shape index (κ2) is 8.55. The summed E-state index contributed by atoms with van der Waals surface area (Å²) in [5.41, 5.74) is 11.3. The van der Waals surface area contributed by atoms with Gasteiger partial charge in [0.25, 0.3) is 0 Å². The van der Waals surface area contributed by atoms with E-state index in [1.807, 2.05) is 37.4 Å². The first-order valence-corrected chi connectivity index (χ1v) is 11.0. The molecule has 1 atom stereocenters. The zero-order valence-corrected chi connectivity index (χ0v) is 18.1. The average molecular weight is 428 g/mol. The zero-order chi connectivity index (χ0) is 22.1. The van der Waals surface area contributed by atoms with Crippen molar-refractivity contribution in [3.8, 4) is 11.1 Å². The summed E-state index contributed by atoms with van der Waals surface area (Å²) < 4.78 is 14.3. The highest BCUT2D eigenvalue weighted by Crippen LogP contribution is 2.32. The van der Waals surface area contributed by atoms with Crippen LogP contribution in [0.3, 0.4) is 0 Å². The molecule has 5 nitrogen and oxygen atoms in total. The quantitative estimate of drug-likeness (QED) is 0.499. The molecular formula is C26H26FN5. The molecule has 1 aliphatic rings. The number of fused-ring (bicyclic) bond motifs is 1. The van der Waals surface area contributed by atoms with Crippen molar-refractivity contribution in [2.24, 2.45) is 0 Å². The number of nitrogens with zero attached hydrogens (tertiary/aromatic N) is 3. The summed E-state index contributed by atoms with van der Waals surface area (Å²) in [5, 5.41) is 4.25. The van der Waals surface area contributed by atoms with Gasteiger partial charge in [0.05, 0.1) is 11.2 Å². The third-order valence-corrected chi connectivity index (χ3v) is 6.20. The number of halogens is 1. The highest BCUT2D eigenvalue weighted by atomic mass is 19.1.